The molecule has 1 unspecified atom stereocenters. The highest BCUT2D eigenvalue weighted by molar-refractivity contribution is 6.32. The van der Waals surface area contributed by atoms with Gasteiger partial charge in [0.25, 0.3) is 0 Å². The van der Waals surface area contributed by atoms with Crippen LogP contribution in [-0.4, -0.2) is 20.3 Å². The molecular formula is C15H22ClNO2. The molecule has 1 aliphatic rings. The van der Waals surface area contributed by atoms with Gasteiger partial charge in [-0.2, -0.15) is 0 Å². The molecule has 0 heterocycles. The van der Waals surface area contributed by atoms with E-state index in [1.165, 1.54) is 11.1 Å². The fourth-order valence-corrected chi connectivity index (χ4v) is 3.23. The molecule has 4 heteroatoms. The van der Waals surface area contributed by atoms with Gasteiger partial charge in [0.2, 0.25) is 0 Å². The van der Waals surface area contributed by atoms with Crippen molar-refractivity contribution < 1.29 is 9.47 Å². The van der Waals surface area contributed by atoms with Gasteiger partial charge in [-0.05, 0) is 37.8 Å². The summed E-state index contributed by atoms with van der Waals surface area (Å²) in [4.78, 5) is 0. The fourth-order valence-electron chi connectivity index (χ4n) is 2.95. The lowest BCUT2D eigenvalue weighted by Crippen LogP contribution is -2.32. The monoisotopic (exact) mass is 283 g/mol. The predicted molar refractivity (Wildman–Crippen MR) is 78.5 cm³/mol. The van der Waals surface area contributed by atoms with Crippen molar-refractivity contribution >= 4 is 11.6 Å². The Bertz CT molecular complexity index is 482. The molecule has 0 radical (unpaired) electrons. The van der Waals surface area contributed by atoms with Crippen molar-refractivity contribution in [2.45, 2.75) is 44.6 Å². The predicted octanol–water partition coefficient (Wildman–Crippen LogP) is 3.30. The summed E-state index contributed by atoms with van der Waals surface area (Å²) in [6, 6.07) is 2.13. The van der Waals surface area contributed by atoms with Gasteiger partial charge in [-0.15, -0.1) is 0 Å². The SMILES string of the molecule is CCc1c(C2(C(C)N)CC2)cc(Cl)c(OC)c1OC. The summed E-state index contributed by atoms with van der Waals surface area (Å²) >= 11 is 6.34. The first kappa shape index (κ1) is 14.5. The van der Waals surface area contributed by atoms with E-state index in [9.17, 15) is 0 Å². The maximum absolute atomic E-state index is 6.34. The lowest BCUT2D eigenvalue weighted by atomic mass is 9.84. The minimum Gasteiger partial charge on any atom is -0.493 e. The van der Waals surface area contributed by atoms with E-state index in [-0.39, 0.29) is 11.5 Å². The van der Waals surface area contributed by atoms with Crippen LogP contribution in [0, 0.1) is 0 Å². The van der Waals surface area contributed by atoms with Crippen molar-refractivity contribution in [1.29, 1.82) is 0 Å². The molecule has 3 nitrogen and oxygen atoms in total. The molecule has 0 aromatic heterocycles. The van der Waals surface area contributed by atoms with Crippen molar-refractivity contribution in [2.24, 2.45) is 5.73 Å². The van der Waals surface area contributed by atoms with Crippen LogP contribution in [0.3, 0.4) is 0 Å². The maximum Gasteiger partial charge on any atom is 0.179 e. The molecule has 1 atom stereocenters. The second-order valence-electron chi connectivity index (χ2n) is 5.25. The highest BCUT2D eigenvalue weighted by Crippen LogP contribution is 2.55. The Morgan fingerprint density at radius 2 is 1.89 bits per heavy atom. The highest BCUT2D eigenvalue weighted by atomic mass is 35.5. The van der Waals surface area contributed by atoms with Crippen molar-refractivity contribution in [2.75, 3.05) is 14.2 Å². The molecule has 1 fully saturated rings. The molecule has 0 saturated heterocycles. The molecule has 1 saturated carbocycles. The van der Waals surface area contributed by atoms with Crippen LogP contribution in [0.15, 0.2) is 6.07 Å². The van der Waals surface area contributed by atoms with E-state index < -0.39 is 0 Å². The molecule has 0 amide bonds. The second-order valence-corrected chi connectivity index (χ2v) is 5.66. The number of nitrogens with two attached hydrogens (primary N) is 1. The zero-order valence-corrected chi connectivity index (χ0v) is 12.8. The normalized spacial score (nSPS) is 18.0. The van der Waals surface area contributed by atoms with Crippen LogP contribution in [0.25, 0.3) is 0 Å². The number of ether oxygens (including phenoxy) is 2. The van der Waals surface area contributed by atoms with E-state index in [2.05, 4.69) is 13.8 Å². The average Bonchev–Trinajstić information content (AvgIpc) is 3.18. The Morgan fingerprint density at radius 1 is 1.32 bits per heavy atom. The Kier molecular flexibility index (Phi) is 3.98. The maximum atomic E-state index is 6.34. The van der Waals surface area contributed by atoms with Crippen LogP contribution in [0.1, 0.15) is 37.8 Å². The van der Waals surface area contributed by atoms with Crippen LogP contribution in [0.4, 0.5) is 0 Å². The quantitative estimate of drug-likeness (QED) is 0.902. The molecule has 2 N–H and O–H groups in total. The molecule has 19 heavy (non-hydrogen) atoms. The first-order valence-corrected chi connectivity index (χ1v) is 7.09. The van der Waals surface area contributed by atoms with Crippen LogP contribution in [0.5, 0.6) is 11.5 Å². The van der Waals surface area contributed by atoms with Crippen LogP contribution in [-0.2, 0) is 11.8 Å². The second kappa shape index (κ2) is 5.22. The Hall–Kier alpha value is -0.930. The molecule has 0 bridgehead atoms. The van der Waals surface area contributed by atoms with E-state index in [0.29, 0.717) is 10.8 Å². The van der Waals surface area contributed by atoms with E-state index >= 15 is 0 Å². The summed E-state index contributed by atoms with van der Waals surface area (Å²) in [5, 5.41) is 0.596. The molecule has 0 aliphatic heterocycles. The summed E-state index contributed by atoms with van der Waals surface area (Å²) in [6.07, 6.45) is 3.10. The number of rotatable bonds is 5. The van der Waals surface area contributed by atoms with Crippen molar-refractivity contribution in [3.05, 3.63) is 22.2 Å². The molecule has 106 valence electrons. The Labute approximate surface area is 120 Å². The van der Waals surface area contributed by atoms with E-state index in [1.54, 1.807) is 14.2 Å². The van der Waals surface area contributed by atoms with Crippen LogP contribution in [0.2, 0.25) is 5.02 Å². The standard InChI is InChI=1S/C15H22ClNO2/c1-5-10-11(15(6-7-15)9(2)17)8-12(16)14(19-4)13(10)18-3/h8-9H,5-7,17H2,1-4H3. The summed E-state index contributed by atoms with van der Waals surface area (Å²) in [5.74, 6) is 1.37. The third kappa shape index (κ3) is 2.19. The minimum atomic E-state index is 0.0640. The topological polar surface area (TPSA) is 44.5 Å². The summed E-state index contributed by atoms with van der Waals surface area (Å²) in [7, 11) is 3.27. The molecule has 1 aliphatic carbocycles. The van der Waals surface area contributed by atoms with Gasteiger partial charge in [0.1, 0.15) is 0 Å². The largest absolute Gasteiger partial charge is 0.493 e. The van der Waals surface area contributed by atoms with Crippen LogP contribution < -0.4 is 15.2 Å². The molecule has 0 spiro atoms. The zero-order valence-electron chi connectivity index (χ0n) is 12.0. The van der Waals surface area contributed by atoms with E-state index in [4.69, 9.17) is 26.8 Å². The average molecular weight is 284 g/mol. The molecule has 1 aromatic rings. The fraction of sp³-hybridized carbons (Fsp3) is 0.600. The summed E-state index contributed by atoms with van der Waals surface area (Å²) in [6.45, 7) is 4.18. The van der Waals surface area contributed by atoms with Crippen molar-refractivity contribution in [3.63, 3.8) is 0 Å². The third-order valence-electron chi connectivity index (χ3n) is 4.25. The molecular weight excluding hydrogens is 262 g/mol. The van der Waals surface area contributed by atoms with Crippen LogP contribution >= 0.6 is 11.6 Å². The van der Waals surface area contributed by atoms with Crippen molar-refractivity contribution in [3.8, 4) is 11.5 Å². The Morgan fingerprint density at radius 3 is 2.26 bits per heavy atom. The highest BCUT2D eigenvalue weighted by Gasteiger charge is 2.49. The summed E-state index contributed by atoms with van der Waals surface area (Å²) < 4.78 is 10.9. The zero-order chi connectivity index (χ0) is 14.2. The number of methoxy groups -OCH3 is 2. The van der Waals surface area contributed by atoms with Gasteiger partial charge in [0, 0.05) is 17.0 Å². The minimum absolute atomic E-state index is 0.0640. The van der Waals surface area contributed by atoms with Gasteiger partial charge >= 0.3 is 0 Å². The molecule has 1 aromatic carbocycles. The number of hydrogen-bond acceptors (Lipinski definition) is 3. The van der Waals surface area contributed by atoms with Gasteiger partial charge in [-0.25, -0.2) is 0 Å². The van der Waals surface area contributed by atoms with Gasteiger partial charge in [-0.1, -0.05) is 18.5 Å². The van der Waals surface area contributed by atoms with Gasteiger partial charge < -0.3 is 15.2 Å². The summed E-state index contributed by atoms with van der Waals surface area (Å²) in [5.41, 5.74) is 8.64. The van der Waals surface area contributed by atoms with E-state index in [0.717, 1.165) is 25.0 Å². The smallest absolute Gasteiger partial charge is 0.179 e. The lowest BCUT2D eigenvalue weighted by molar-refractivity contribution is 0.350. The number of hydrogen-bond donors (Lipinski definition) is 1. The molecule has 2 rings (SSSR count). The number of benzene rings is 1. The van der Waals surface area contributed by atoms with E-state index in [1.807, 2.05) is 6.07 Å². The first-order chi connectivity index (χ1) is 9.01. The van der Waals surface area contributed by atoms with Crippen molar-refractivity contribution in [1.82, 2.24) is 0 Å². The van der Waals surface area contributed by atoms with Gasteiger partial charge in [0.05, 0.1) is 19.2 Å². The first-order valence-electron chi connectivity index (χ1n) is 6.71. The lowest BCUT2D eigenvalue weighted by Gasteiger charge is -2.26. The van der Waals surface area contributed by atoms with Gasteiger partial charge in [0.15, 0.2) is 11.5 Å². The Balaban J connectivity index is 2.65. The van der Waals surface area contributed by atoms with Gasteiger partial charge in [-0.3, -0.25) is 0 Å². The number of halogens is 1. The third-order valence-corrected chi connectivity index (χ3v) is 4.53.